The number of likely N-dealkylation sites (N-methyl/N-ethyl adjacent to an activating group) is 1. The third kappa shape index (κ3) is 3.69. The van der Waals surface area contributed by atoms with Crippen molar-refractivity contribution in [2.24, 2.45) is 5.92 Å². The smallest absolute Gasteiger partial charge is 0.0623 e. The fourth-order valence-electron chi connectivity index (χ4n) is 3.55. The number of ether oxygens (including phenoxy) is 1. The Labute approximate surface area is 112 Å². The Hall–Kier alpha value is -0.120. The quantitative estimate of drug-likeness (QED) is 0.787. The normalized spacial score (nSPS) is 30.2. The van der Waals surface area contributed by atoms with Crippen molar-refractivity contribution in [3.63, 3.8) is 0 Å². The largest absolute Gasteiger partial charge is 0.379 e. The van der Waals surface area contributed by atoms with Crippen LogP contribution in [-0.2, 0) is 4.74 Å². The molecule has 0 aromatic heterocycles. The molecular formula is C15H30N2O. The minimum absolute atomic E-state index is 0.577. The van der Waals surface area contributed by atoms with Crippen molar-refractivity contribution in [3.8, 4) is 0 Å². The molecule has 2 fully saturated rings. The van der Waals surface area contributed by atoms with Crippen LogP contribution in [0.4, 0.5) is 0 Å². The van der Waals surface area contributed by atoms with Crippen LogP contribution < -0.4 is 5.32 Å². The van der Waals surface area contributed by atoms with Gasteiger partial charge in [0, 0.05) is 24.5 Å². The first-order valence-electron chi connectivity index (χ1n) is 7.90. The van der Waals surface area contributed by atoms with E-state index in [1.54, 1.807) is 0 Å². The molecule has 1 heterocycles. The molecule has 2 atom stereocenters. The molecule has 3 nitrogen and oxygen atoms in total. The molecular weight excluding hydrogens is 224 g/mol. The molecule has 1 aliphatic heterocycles. The summed E-state index contributed by atoms with van der Waals surface area (Å²) >= 11 is 0. The standard InChI is InChI=1S/C15H30N2O/c1-3-16-15-12-18-11-13(15)10-17(4-2)14-8-6-5-7-9-14/h13-16H,3-12H2,1-2H3. The van der Waals surface area contributed by atoms with E-state index >= 15 is 0 Å². The average Bonchev–Trinajstić information content (AvgIpc) is 2.85. The first-order valence-corrected chi connectivity index (χ1v) is 7.90. The van der Waals surface area contributed by atoms with E-state index in [4.69, 9.17) is 4.74 Å². The third-order valence-electron chi connectivity index (χ3n) is 4.63. The van der Waals surface area contributed by atoms with E-state index in [9.17, 15) is 0 Å². The summed E-state index contributed by atoms with van der Waals surface area (Å²) in [6, 6.07) is 1.42. The second-order valence-electron chi connectivity index (χ2n) is 5.84. The molecule has 0 radical (unpaired) electrons. The van der Waals surface area contributed by atoms with Gasteiger partial charge in [0.05, 0.1) is 13.2 Å². The molecule has 1 aliphatic carbocycles. The molecule has 0 amide bonds. The van der Waals surface area contributed by atoms with Crippen molar-refractivity contribution in [2.75, 3.05) is 32.8 Å². The van der Waals surface area contributed by atoms with Gasteiger partial charge in [-0.05, 0) is 25.9 Å². The highest BCUT2D eigenvalue weighted by atomic mass is 16.5. The molecule has 2 unspecified atom stereocenters. The minimum atomic E-state index is 0.577. The molecule has 2 rings (SSSR count). The number of hydrogen-bond donors (Lipinski definition) is 1. The van der Waals surface area contributed by atoms with Crippen molar-refractivity contribution >= 4 is 0 Å². The van der Waals surface area contributed by atoms with Gasteiger partial charge in [0.1, 0.15) is 0 Å². The molecule has 3 heteroatoms. The Morgan fingerprint density at radius 2 is 1.89 bits per heavy atom. The Balaban J connectivity index is 1.84. The first-order chi connectivity index (χ1) is 8.85. The summed E-state index contributed by atoms with van der Waals surface area (Å²) in [5.74, 6) is 0.687. The van der Waals surface area contributed by atoms with Gasteiger partial charge in [-0.1, -0.05) is 33.1 Å². The molecule has 0 aromatic rings. The number of rotatable bonds is 6. The highest BCUT2D eigenvalue weighted by Crippen LogP contribution is 2.25. The third-order valence-corrected chi connectivity index (χ3v) is 4.63. The van der Waals surface area contributed by atoms with Gasteiger partial charge in [-0.15, -0.1) is 0 Å². The Morgan fingerprint density at radius 1 is 1.11 bits per heavy atom. The summed E-state index contributed by atoms with van der Waals surface area (Å²) in [6.07, 6.45) is 7.12. The van der Waals surface area contributed by atoms with Gasteiger partial charge < -0.3 is 15.0 Å². The second kappa shape index (κ2) is 7.46. The predicted octanol–water partition coefficient (Wildman–Crippen LogP) is 2.27. The summed E-state index contributed by atoms with van der Waals surface area (Å²) in [5.41, 5.74) is 0. The fourth-order valence-corrected chi connectivity index (χ4v) is 3.55. The second-order valence-corrected chi connectivity index (χ2v) is 5.84. The maximum Gasteiger partial charge on any atom is 0.0623 e. The van der Waals surface area contributed by atoms with Crippen molar-refractivity contribution in [1.29, 1.82) is 0 Å². The molecule has 1 N–H and O–H groups in total. The van der Waals surface area contributed by atoms with Crippen LogP contribution in [0.5, 0.6) is 0 Å². The Kier molecular flexibility index (Phi) is 5.93. The molecule has 2 aliphatic rings. The van der Waals surface area contributed by atoms with Gasteiger partial charge in [-0.2, -0.15) is 0 Å². The molecule has 0 bridgehead atoms. The van der Waals surface area contributed by atoms with Gasteiger partial charge >= 0.3 is 0 Å². The van der Waals surface area contributed by atoms with E-state index in [1.165, 1.54) is 45.2 Å². The van der Waals surface area contributed by atoms with Gasteiger partial charge in [-0.3, -0.25) is 0 Å². The van der Waals surface area contributed by atoms with Gasteiger partial charge in [-0.25, -0.2) is 0 Å². The zero-order chi connectivity index (χ0) is 12.8. The summed E-state index contributed by atoms with van der Waals surface area (Å²) < 4.78 is 5.67. The number of hydrogen-bond acceptors (Lipinski definition) is 3. The van der Waals surface area contributed by atoms with Crippen molar-refractivity contribution < 1.29 is 4.74 Å². The van der Waals surface area contributed by atoms with Crippen LogP contribution in [0.3, 0.4) is 0 Å². The summed E-state index contributed by atoms with van der Waals surface area (Å²) in [4.78, 5) is 2.71. The molecule has 106 valence electrons. The highest BCUT2D eigenvalue weighted by molar-refractivity contribution is 4.85. The topological polar surface area (TPSA) is 24.5 Å². The molecule has 1 saturated heterocycles. The predicted molar refractivity (Wildman–Crippen MR) is 75.9 cm³/mol. The van der Waals surface area contributed by atoms with E-state index < -0.39 is 0 Å². The maximum atomic E-state index is 5.67. The summed E-state index contributed by atoms with van der Waals surface area (Å²) in [6.45, 7) is 9.82. The molecule has 0 aromatic carbocycles. The van der Waals surface area contributed by atoms with Crippen molar-refractivity contribution in [2.45, 2.75) is 58.0 Å². The van der Waals surface area contributed by atoms with Gasteiger partial charge in [0.2, 0.25) is 0 Å². The zero-order valence-corrected chi connectivity index (χ0v) is 12.2. The van der Waals surface area contributed by atoms with Crippen LogP contribution in [0, 0.1) is 5.92 Å². The average molecular weight is 254 g/mol. The lowest BCUT2D eigenvalue weighted by molar-refractivity contribution is 0.124. The highest BCUT2D eigenvalue weighted by Gasteiger charge is 2.31. The van der Waals surface area contributed by atoms with E-state index in [0.717, 1.165) is 25.8 Å². The van der Waals surface area contributed by atoms with Crippen LogP contribution in [-0.4, -0.2) is 49.8 Å². The lowest BCUT2D eigenvalue weighted by atomic mass is 9.92. The lowest BCUT2D eigenvalue weighted by Crippen LogP contribution is -2.45. The molecule has 1 saturated carbocycles. The van der Waals surface area contributed by atoms with E-state index in [1.807, 2.05) is 0 Å². The van der Waals surface area contributed by atoms with Gasteiger partial charge in [0.25, 0.3) is 0 Å². The van der Waals surface area contributed by atoms with Crippen LogP contribution in [0.25, 0.3) is 0 Å². The monoisotopic (exact) mass is 254 g/mol. The zero-order valence-electron chi connectivity index (χ0n) is 12.2. The van der Waals surface area contributed by atoms with Crippen LogP contribution >= 0.6 is 0 Å². The SMILES string of the molecule is CCNC1COCC1CN(CC)C1CCCCC1. The number of nitrogens with one attached hydrogen (secondary N) is 1. The Morgan fingerprint density at radius 3 is 2.56 bits per heavy atom. The first kappa shape index (κ1) is 14.3. The van der Waals surface area contributed by atoms with E-state index in [0.29, 0.717) is 12.0 Å². The minimum Gasteiger partial charge on any atom is -0.379 e. The summed E-state index contributed by atoms with van der Waals surface area (Å²) in [7, 11) is 0. The van der Waals surface area contributed by atoms with E-state index in [2.05, 4.69) is 24.1 Å². The van der Waals surface area contributed by atoms with Crippen LogP contribution in [0.2, 0.25) is 0 Å². The van der Waals surface area contributed by atoms with Crippen molar-refractivity contribution in [3.05, 3.63) is 0 Å². The van der Waals surface area contributed by atoms with Crippen LogP contribution in [0.1, 0.15) is 46.0 Å². The van der Waals surface area contributed by atoms with E-state index in [-0.39, 0.29) is 0 Å². The maximum absolute atomic E-state index is 5.67. The summed E-state index contributed by atoms with van der Waals surface area (Å²) in [5, 5.41) is 3.58. The molecule has 0 spiro atoms. The lowest BCUT2D eigenvalue weighted by Gasteiger charge is -2.36. The van der Waals surface area contributed by atoms with Gasteiger partial charge in [0.15, 0.2) is 0 Å². The Bertz CT molecular complexity index is 229. The van der Waals surface area contributed by atoms with Crippen molar-refractivity contribution in [1.82, 2.24) is 10.2 Å². The number of nitrogens with zero attached hydrogens (tertiary/aromatic N) is 1. The fraction of sp³-hybridized carbons (Fsp3) is 1.00. The molecule has 18 heavy (non-hydrogen) atoms. The van der Waals surface area contributed by atoms with Crippen LogP contribution in [0.15, 0.2) is 0 Å².